The third-order valence-corrected chi connectivity index (χ3v) is 5.39. The van der Waals surface area contributed by atoms with Crippen molar-refractivity contribution in [1.29, 1.82) is 0 Å². The van der Waals surface area contributed by atoms with Crippen molar-refractivity contribution < 1.29 is 14.4 Å². The zero-order chi connectivity index (χ0) is 19.1. The fraction of sp³-hybridized carbons (Fsp3) is 0.833. The predicted molar refractivity (Wildman–Crippen MR) is 99.7 cm³/mol. The number of carbonyl (C=O) groups is 3. The molecule has 2 aliphatic rings. The molecule has 4 amide bonds. The molecule has 8 heteroatoms. The van der Waals surface area contributed by atoms with E-state index in [1.165, 1.54) is 6.42 Å². The molecule has 0 aromatic rings. The Balaban J connectivity index is 1.75. The van der Waals surface area contributed by atoms with Gasteiger partial charge in [-0.2, -0.15) is 0 Å². The van der Waals surface area contributed by atoms with Crippen molar-refractivity contribution in [3.63, 3.8) is 0 Å². The van der Waals surface area contributed by atoms with Crippen LogP contribution in [0.2, 0.25) is 0 Å². The van der Waals surface area contributed by atoms with E-state index < -0.39 is 6.03 Å². The summed E-state index contributed by atoms with van der Waals surface area (Å²) in [6.07, 6.45) is 3.40. The van der Waals surface area contributed by atoms with Crippen LogP contribution in [0.3, 0.4) is 0 Å². The molecule has 0 aliphatic carbocycles. The molecule has 2 heterocycles. The molecule has 2 aliphatic heterocycles. The standard InChI is InChI=1S/C18H33N5O3/c1-4-19-18(26)20-17(25)15(3)22-11-9-21(10-12-22)13-16(24)23-8-6-5-7-14(23)2/h14-15H,4-13H2,1-3H3,(H2,19,20,25,26)/t14-,15-/m0/s1. The number of piperazine rings is 1. The van der Waals surface area contributed by atoms with Gasteiger partial charge in [-0.1, -0.05) is 0 Å². The molecule has 26 heavy (non-hydrogen) atoms. The Morgan fingerprint density at radius 2 is 1.77 bits per heavy atom. The SMILES string of the molecule is CCNC(=O)NC(=O)[C@H](C)N1CCN(CC(=O)N2CCCC[C@@H]2C)CC1. The van der Waals surface area contributed by atoms with E-state index in [9.17, 15) is 14.4 Å². The molecule has 2 N–H and O–H groups in total. The molecule has 0 saturated carbocycles. The molecule has 2 rings (SSSR count). The zero-order valence-electron chi connectivity index (χ0n) is 16.3. The summed E-state index contributed by atoms with van der Waals surface area (Å²) in [7, 11) is 0. The van der Waals surface area contributed by atoms with Crippen LogP contribution in [-0.4, -0.2) is 90.4 Å². The Bertz CT molecular complexity index is 505. The van der Waals surface area contributed by atoms with Crippen molar-refractivity contribution >= 4 is 17.8 Å². The first-order valence-electron chi connectivity index (χ1n) is 9.77. The van der Waals surface area contributed by atoms with Gasteiger partial charge in [0.25, 0.3) is 0 Å². The summed E-state index contributed by atoms with van der Waals surface area (Å²) in [5.41, 5.74) is 0. The molecule has 0 aromatic heterocycles. The summed E-state index contributed by atoms with van der Waals surface area (Å²) in [6, 6.07) is -0.475. The summed E-state index contributed by atoms with van der Waals surface area (Å²) in [6.45, 7) is 10.5. The Morgan fingerprint density at radius 3 is 2.38 bits per heavy atom. The fourth-order valence-corrected chi connectivity index (χ4v) is 3.65. The van der Waals surface area contributed by atoms with E-state index in [0.29, 0.717) is 32.2 Å². The first-order chi connectivity index (χ1) is 12.4. The van der Waals surface area contributed by atoms with Crippen molar-refractivity contribution in [1.82, 2.24) is 25.3 Å². The van der Waals surface area contributed by atoms with E-state index in [1.54, 1.807) is 6.92 Å². The molecule has 0 bridgehead atoms. The minimum absolute atomic E-state index is 0.215. The maximum absolute atomic E-state index is 12.5. The van der Waals surface area contributed by atoms with Gasteiger partial charge >= 0.3 is 6.03 Å². The van der Waals surface area contributed by atoms with Gasteiger partial charge < -0.3 is 10.2 Å². The first kappa shape index (κ1) is 20.6. The van der Waals surface area contributed by atoms with Crippen molar-refractivity contribution in [2.24, 2.45) is 0 Å². The van der Waals surface area contributed by atoms with Crippen molar-refractivity contribution in [2.75, 3.05) is 45.8 Å². The largest absolute Gasteiger partial charge is 0.339 e. The summed E-state index contributed by atoms with van der Waals surface area (Å²) in [5.74, 6) is -0.0738. The summed E-state index contributed by atoms with van der Waals surface area (Å²) < 4.78 is 0. The molecule has 2 fully saturated rings. The second kappa shape index (κ2) is 9.87. The van der Waals surface area contributed by atoms with Crippen LogP contribution in [-0.2, 0) is 9.59 Å². The molecule has 0 radical (unpaired) electrons. The zero-order valence-corrected chi connectivity index (χ0v) is 16.3. The Labute approximate surface area is 156 Å². The van der Waals surface area contributed by atoms with Gasteiger partial charge in [0.05, 0.1) is 12.6 Å². The smallest absolute Gasteiger partial charge is 0.321 e. The fourth-order valence-electron chi connectivity index (χ4n) is 3.65. The van der Waals surface area contributed by atoms with Crippen molar-refractivity contribution in [3.8, 4) is 0 Å². The van der Waals surface area contributed by atoms with Crippen LogP contribution in [0.5, 0.6) is 0 Å². The highest BCUT2D eigenvalue weighted by Crippen LogP contribution is 2.17. The average molecular weight is 367 g/mol. The monoisotopic (exact) mass is 367 g/mol. The lowest BCUT2D eigenvalue weighted by Gasteiger charge is -2.39. The molecule has 2 saturated heterocycles. The van der Waals surface area contributed by atoms with E-state index in [2.05, 4.69) is 27.4 Å². The number of nitrogens with one attached hydrogen (secondary N) is 2. The van der Waals surface area contributed by atoms with Gasteiger partial charge in [0, 0.05) is 45.3 Å². The number of urea groups is 1. The maximum atomic E-state index is 12.5. The normalized spacial score (nSPS) is 23.3. The number of rotatable bonds is 5. The van der Waals surface area contributed by atoms with Crippen LogP contribution in [0.1, 0.15) is 40.0 Å². The van der Waals surface area contributed by atoms with Gasteiger partial charge in [-0.05, 0) is 40.0 Å². The van der Waals surface area contributed by atoms with E-state index in [0.717, 1.165) is 32.5 Å². The van der Waals surface area contributed by atoms with Crippen LogP contribution < -0.4 is 10.6 Å². The van der Waals surface area contributed by atoms with Gasteiger partial charge in [0.1, 0.15) is 0 Å². The number of likely N-dealkylation sites (tertiary alicyclic amines) is 1. The molecule has 148 valence electrons. The first-order valence-corrected chi connectivity index (χ1v) is 9.77. The molecular formula is C18H33N5O3. The van der Waals surface area contributed by atoms with E-state index in [-0.39, 0.29) is 17.9 Å². The number of piperidine rings is 1. The summed E-state index contributed by atoms with van der Waals surface area (Å²) >= 11 is 0. The van der Waals surface area contributed by atoms with Crippen molar-refractivity contribution in [2.45, 2.75) is 52.1 Å². The molecule has 0 spiro atoms. The van der Waals surface area contributed by atoms with Crippen LogP contribution in [0.4, 0.5) is 4.79 Å². The summed E-state index contributed by atoms with van der Waals surface area (Å²) in [5, 5.41) is 4.92. The number of hydrogen-bond donors (Lipinski definition) is 2. The van der Waals surface area contributed by atoms with Crippen LogP contribution in [0.15, 0.2) is 0 Å². The lowest BCUT2D eigenvalue weighted by molar-refractivity contribution is -0.136. The molecule has 0 aromatic carbocycles. The van der Waals surface area contributed by atoms with Crippen molar-refractivity contribution in [3.05, 3.63) is 0 Å². The predicted octanol–water partition coefficient (Wildman–Crippen LogP) is 0.239. The highest BCUT2D eigenvalue weighted by Gasteiger charge is 2.29. The van der Waals surface area contributed by atoms with Crippen LogP contribution >= 0.6 is 0 Å². The van der Waals surface area contributed by atoms with Gasteiger partial charge in [-0.3, -0.25) is 24.7 Å². The average Bonchev–Trinajstić information content (AvgIpc) is 2.62. The molecule has 8 nitrogen and oxygen atoms in total. The minimum atomic E-state index is -0.454. The third kappa shape index (κ3) is 5.67. The minimum Gasteiger partial charge on any atom is -0.339 e. The maximum Gasteiger partial charge on any atom is 0.321 e. The highest BCUT2D eigenvalue weighted by molar-refractivity contribution is 5.96. The van der Waals surface area contributed by atoms with E-state index in [4.69, 9.17) is 0 Å². The number of carbonyl (C=O) groups excluding carboxylic acids is 3. The van der Waals surface area contributed by atoms with Gasteiger partial charge in [0.2, 0.25) is 11.8 Å². The Hall–Kier alpha value is -1.67. The molecule has 0 unspecified atom stereocenters. The van der Waals surface area contributed by atoms with Crippen LogP contribution in [0, 0.1) is 0 Å². The Morgan fingerprint density at radius 1 is 1.08 bits per heavy atom. The number of nitrogens with zero attached hydrogens (tertiary/aromatic N) is 3. The highest BCUT2D eigenvalue weighted by atomic mass is 16.2. The second-order valence-electron chi connectivity index (χ2n) is 7.27. The van der Waals surface area contributed by atoms with Gasteiger partial charge in [0.15, 0.2) is 0 Å². The van der Waals surface area contributed by atoms with Crippen LogP contribution in [0.25, 0.3) is 0 Å². The number of imide groups is 1. The lowest BCUT2D eigenvalue weighted by atomic mass is 10.0. The Kier molecular flexibility index (Phi) is 7.84. The van der Waals surface area contributed by atoms with Gasteiger partial charge in [-0.25, -0.2) is 4.79 Å². The topological polar surface area (TPSA) is 85.0 Å². The van der Waals surface area contributed by atoms with Gasteiger partial charge in [-0.15, -0.1) is 0 Å². The third-order valence-electron chi connectivity index (χ3n) is 5.39. The number of hydrogen-bond acceptors (Lipinski definition) is 5. The number of amides is 4. The summed E-state index contributed by atoms with van der Waals surface area (Å²) in [4.78, 5) is 42.4. The lowest BCUT2D eigenvalue weighted by Crippen LogP contribution is -2.57. The molecular weight excluding hydrogens is 334 g/mol. The second-order valence-corrected chi connectivity index (χ2v) is 7.27. The van der Waals surface area contributed by atoms with E-state index >= 15 is 0 Å². The quantitative estimate of drug-likeness (QED) is 0.727. The van der Waals surface area contributed by atoms with E-state index in [1.807, 2.05) is 11.8 Å². The molecule has 2 atom stereocenters.